The highest BCUT2D eigenvalue weighted by atomic mass is 16.6. The van der Waals surface area contributed by atoms with Crippen molar-refractivity contribution in [1.82, 2.24) is 0 Å². The number of rotatable bonds is 3. The number of imide groups is 1. The van der Waals surface area contributed by atoms with Gasteiger partial charge in [0.05, 0.1) is 27.9 Å². The largest absolute Gasteiger partial charge is 0.302 e. The first-order valence-electron chi connectivity index (χ1n) is 10.3. The van der Waals surface area contributed by atoms with Crippen molar-refractivity contribution in [3.05, 3.63) is 105 Å². The van der Waals surface area contributed by atoms with Crippen LogP contribution >= 0.6 is 0 Å². The molecule has 4 aliphatic rings. The molecule has 7 rings (SSSR count). The molecule has 1 heterocycles. The topological polar surface area (TPSA) is 97.6 Å². The maximum Gasteiger partial charge on any atom is 0.271 e. The summed E-state index contributed by atoms with van der Waals surface area (Å²) in [5.41, 5.74) is 1.91. The number of non-ortho nitro benzene ring substituents is 1. The van der Waals surface area contributed by atoms with E-state index >= 15 is 0 Å². The van der Waals surface area contributed by atoms with E-state index in [2.05, 4.69) is 0 Å². The Bertz CT molecular complexity index is 1320. The number of nitro groups is 1. The summed E-state index contributed by atoms with van der Waals surface area (Å²) in [6.07, 6.45) is 0.805. The molecular formula is C25H16N2O5. The van der Waals surface area contributed by atoms with Gasteiger partial charge in [-0.1, -0.05) is 54.6 Å². The van der Waals surface area contributed by atoms with Crippen LogP contribution in [0.15, 0.2) is 72.8 Å². The molecule has 1 aliphatic heterocycles. The van der Waals surface area contributed by atoms with Crippen LogP contribution in [0.2, 0.25) is 0 Å². The van der Waals surface area contributed by atoms with E-state index in [4.69, 9.17) is 0 Å². The number of nitro benzene ring substituents is 1. The molecule has 1 saturated heterocycles. The van der Waals surface area contributed by atoms with Crippen molar-refractivity contribution >= 4 is 29.5 Å². The molecule has 3 aliphatic carbocycles. The summed E-state index contributed by atoms with van der Waals surface area (Å²) in [6, 6.07) is 20.4. The molecule has 0 saturated carbocycles. The van der Waals surface area contributed by atoms with Crippen molar-refractivity contribution in [2.45, 2.75) is 11.3 Å². The molecule has 7 heteroatoms. The van der Waals surface area contributed by atoms with Gasteiger partial charge in [-0.25, -0.2) is 4.90 Å². The van der Waals surface area contributed by atoms with Crippen LogP contribution in [-0.4, -0.2) is 23.0 Å². The van der Waals surface area contributed by atoms with Crippen molar-refractivity contribution in [1.29, 1.82) is 0 Å². The summed E-state index contributed by atoms with van der Waals surface area (Å²) >= 11 is 0. The second-order valence-corrected chi connectivity index (χ2v) is 8.43. The Morgan fingerprint density at radius 2 is 1.50 bits per heavy atom. The Kier molecular flexibility index (Phi) is 3.61. The summed E-state index contributed by atoms with van der Waals surface area (Å²) in [5, 5.41) is 11.3. The Morgan fingerprint density at radius 1 is 0.875 bits per heavy atom. The normalized spacial score (nSPS) is 27.0. The van der Waals surface area contributed by atoms with Gasteiger partial charge in [-0.05, 0) is 28.3 Å². The second kappa shape index (κ2) is 6.20. The molecule has 2 amide bonds. The quantitative estimate of drug-likeness (QED) is 0.278. The minimum absolute atomic E-state index is 0.150. The SMILES string of the molecule is O=CC12c3ccccc3C(c3ccccc31)[C@@H]1C(=O)N(c3cccc([N+](=O)[O-])c3)C(=O)[C@H]12. The molecular weight excluding hydrogens is 408 g/mol. The number of hydrogen-bond acceptors (Lipinski definition) is 5. The van der Waals surface area contributed by atoms with Crippen molar-refractivity contribution in [3.8, 4) is 0 Å². The average Bonchev–Trinajstić information content (AvgIpc) is 3.10. The van der Waals surface area contributed by atoms with E-state index < -0.39 is 34.0 Å². The highest BCUT2D eigenvalue weighted by Crippen LogP contribution is 2.63. The lowest BCUT2D eigenvalue weighted by Gasteiger charge is -2.51. The smallest absolute Gasteiger partial charge is 0.271 e. The zero-order chi connectivity index (χ0) is 22.2. The molecule has 0 radical (unpaired) electrons. The Labute approximate surface area is 182 Å². The Hall–Kier alpha value is -4.13. The summed E-state index contributed by atoms with van der Waals surface area (Å²) in [7, 11) is 0. The number of aldehydes is 1. The van der Waals surface area contributed by atoms with Gasteiger partial charge in [0.2, 0.25) is 11.8 Å². The standard InChI is InChI=1S/C25H16N2O5/c28-13-25-18-10-3-1-8-16(18)20(17-9-2-4-11-19(17)25)21-22(25)24(30)26(23(21)29)14-6-5-7-15(12-14)27(31)32/h1-13,20-22H/t20?,21-,22-,25?/m0/s1. The lowest BCUT2D eigenvalue weighted by Crippen LogP contribution is -2.54. The van der Waals surface area contributed by atoms with Crippen molar-refractivity contribution in [2.75, 3.05) is 4.90 Å². The van der Waals surface area contributed by atoms with Crippen LogP contribution in [0.4, 0.5) is 11.4 Å². The summed E-state index contributed by atoms with van der Waals surface area (Å²) in [5.74, 6) is -2.95. The molecule has 32 heavy (non-hydrogen) atoms. The average molecular weight is 424 g/mol. The number of hydrogen-bond donors (Lipinski definition) is 0. The van der Waals surface area contributed by atoms with Gasteiger partial charge in [0, 0.05) is 18.1 Å². The van der Waals surface area contributed by atoms with Crippen LogP contribution in [0.3, 0.4) is 0 Å². The highest BCUT2D eigenvalue weighted by Gasteiger charge is 2.68. The summed E-state index contributed by atoms with van der Waals surface area (Å²) in [6.45, 7) is 0. The molecule has 1 fully saturated rings. The van der Waals surface area contributed by atoms with E-state index in [-0.39, 0.29) is 17.3 Å². The number of benzene rings is 3. The van der Waals surface area contributed by atoms with Gasteiger partial charge in [0.15, 0.2) is 0 Å². The van der Waals surface area contributed by atoms with Crippen LogP contribution in [0, 0.1) is 22.0 Å². The molecule has 3 aromatic rings. The third-order valence-corrected chi connectivity index (χ3v) is 7.17. The molecule has 156 valence electrons. The zero-order valence-electron chi connectivity index (χ0n) is 16.7. The molecule has 0 unspecified atom stereocenters. The number of anilines is 1. The van der Waals surface area contributed by atoms with Crippen LogP contribution in [0.1, 0.15) is 28.2 Å². The maximum absolute atomic E-state index is 13.8. The minimum atomic E-state index is -1.28. The second-order valence-electron chi connectivity index (χ2n) is 8.43. The molecule has 2 atom stereocenters. The fourth-order valence-electron chi connectivity index (χ4n) is 6.03. The van der Waals surface area contributed by atoms with Crippen molar-refractivity contribution in [3.63, 3.8) is 0 Å². The van der Waals surface area contributed by atoms with Crippen LogP contribution in [-0.2, 0) is 19.8 Å². The molecule has 0 N–H and O–H groups in total. The Balaban J connectivity index is 1.61. The maximum atomic E-state index is 13.8. The molecule has 7 nitrogen and oxygen atoms in total. The fraction of sp³-hybridized carbons (Fsp3) is 0.160. The molecule has 0 aromatic heterocycles. The monoisotopic (exact) mass is 424 g/mol. The van der Waals surface area contributed by atoms with Crippen LogP contribution in [0.5, 0.6) is 0 Å². The predicted molar refractivity (Wildman–Crippen MR) is 114 cm³/mol. The molecule has 2 bridgehead atoms. The first-order chi connectivity index (χ1) is 15.5. The van der Waals surface area contributed by atoms with Gasteiger partial charge >= 0.3 is 0 Å². The van der Waals surface area contributed by atoms with Crippen molar-refractivity contribution in [2.24, 2.45) is 11.8 Å². The van der Waals surface area contributed by atoms with Gasteiger partial charge in [-0.2, -0.15) is 0 Å². The lowest BCUT2D eigenvalue weighted by atomic mass is 9.48. The number of amides is 2. The summed E-state index contributed by atoms with van der Waals surface area (Å²) < 4.78 is 0. The first kappa shape index (κ1) is 18.6. The first-order valence-corrected chi connectivity index (χ1v) is 10.3. The highest BCUT2D eigenvalue weighted by molar-refractivity contribution is 6.25. The van der Waals surface area contributed by atoms with Gasteiger partial charge in [0.1, 0.15) is 6.29 Å². The van der Waals surface area contributed by atoms with E-state index in [0.29, 0.717) is 0 Å². The van der Waals surface area contributed by atoms with Gasteiger partial charge in [-0.3, -0.25) is 19.7 Å². The third kappa shape index (κ3) is 2.03. The van der Waals surface area contributed by atoms with Gasteiger partial charge in [0.25, 0.3) is 5.69 Å². The van der Waals surface area contributed by atoms with Crippen LogP contribution < -0.4 is 4.90 Å². The van der Waals surface area contributed by atoms with E-state index in [9.17, 15) is 24.5 Å². The lowest BCUT2D eigenvalue weighted by molar-refractivity contribution is -0.384. The molecule has 0 spiro atoms. The number of carbonyl (C=O) groups excluding carboxylic acids is 3. The van der Waals surface area contributed by atoms with Crippen molar-refractivity contribution < 1.29 is 19.3 Å². The predicted octanol–water partition coefficient (Wildman–Crippen LogP) is 3.34. The summed E-state index contributed by atoms with van der Waals surface area (Å²) in [4.78, 5) is 52.1. The minimum Gasteiger partial charge on any atom is -0.302 e. The molecule has 3 aromatic carbocycles. The van der Waals surface area contributed by atoms with E-state index in [1.807, 2.05) is 48.5 Å². The van der Waals surface area contributed by atoms with Gasteiger partial charge < -0.3 is 4.79 Å². The van der Waals surface area contributed by atoms with E-state index in [1.165, 1.54) is 24.3 Å². The fourth-order valence-corrected chi connectivity index (χ4v) is 6.03. The third-order valence-electron chi connectivity index (χ3n) is 7.17. The zero-order valence-corrected chi connectivity index (χ0v) is 16.7. The van der Waals surface area contributed by atoms with Crippen LogP contribution in [0.25, 0.3) is 0 Å². The number of carbonyl (C=O) groups is 3. The van der Waals surface area contributed by atoms with E-state index in [0.717, 1.165) is 33.4 Å². The Morgan fingerprint density at radius 3 is 2.09 bits per heavy atom. The number of nitrogens with zero attached hydrogens (tertiary/aromatic N) is 2. The van der Waals surface area contributed by atoms with Gasteiger partial charge in [-0.15, -0.1) is 0 Å². The van der Waals surface area contributed by atoms with E-state index in [1.54, 1.807) is 0 Å².